The highest BCUT2D eigenvalue weighted by Gasteiger charge is 2.48. The number of thioether (sulfide) groups is 1. The number of likely N-dealkylation sites (N-methyl/N-ethyl adjacent to an activating group) is 1. The monoisotopic (exact) mass is 430 g/mol. The van der Waals surface area contributed by atoms with Gasteiger partial charge in [-0.25, -0.2) is 4.79 Å². The van der Waals surface area contributed by atoms with Gasteiger partial charge in [-0.15, -0.1) is 11.8 Å². The molecule has 3 unspecified atom stereocenters. The van der Waals surface area contributed by atoms with Gasteiger partial charge in [0.15, 0.2) is 5.69 Å². The number of amides is 1. The van der Waals surface area contributed by atoms with Crippen LogP contribution in [0.4, 0.5) is 5.69 Å². The van der Waals surface area contributed by atoms with Gasteiger partial charge >= 0.3 is 11.9 Å². The Bertz CT molecular complexity index is 918. The predicted octanol–water partition coefficient (Wildman–Crippen LogP) is 3.37. The maximum absolute atomic E-state index is 14.0. The lowest BCUT2D eigenvalue weighted by atomic mass is 10.1. The number of fused-ring (bicyclic) bond motifs is 1. The van der Waals surface area contributed by atoms with Crippen molar-refractivity contribution in [1.29, 1.82) is 0 Å². The van der Waals surface area contributed by atoms with Crippen molar-refractivity contribution >= 4 is 29.3 Å². The number of rotatable bonds is 6. The molecule has 8 heteroatoms. The molecule has 160 valence electrons. The zero-order valence-corrected chi connectivity index (χ0v) is 18.3. The first-order valence-corrected chi connectivity index (χ1v) is 10.5. The van der Waals surface area contributed by atoms with E-state index in [0.29, 0.717) is 22.9 Å². The van der Waals surface area contributed by atoms with Crippen LogP contribution in [-0.4, -0.2) is 57.2 Å². The molecule has 1 amide bonds. The Morgan fingerprint density at radius 2 is 1.83 bits per heavy atom. The zero-order valence-electron chi connectivity index (χ0n) is 17.5. The van der Waals surface area contributed by atoms with Gasteiger partial charge in [-0.1, -0.05) is 24.3 Å². The number of nitrogens with zero attached hydrogens (tertiary/aromatic N) is 2. The number of quaternary nitrogens is 1. The molecule has 30 heavy (non-hydrogen) atoms. The first-order valence-electron chi connectivity index (χ1n) is 9.62. The Labute approximate surface area is 180 Å². The third kappa shape index (κ3) is 4.52. The van der Waals surface area contributed by atoms with E-state index in [4.69, 9.17) is 9.47 Å². The summed E-state index contributed by atoms with van der Waals surface area (Å²) in [5.74, 6) is -0.601. The summed E-state index contributed by atoms with van der Waals surface area (Å²) in [6, 6.07) is 14.3. The van der Waals surface area contributed by atoms with Crippen LogP contribution in [0.25, 0.3) is 0 Å². The van der Waals surface area contributed by atoms with Crippen molar-refractivity contribution < 1.29 is 19.1 Å². The van der Waals surface area contributed by atoms with Crippen molar-refractivity contribution in [1.82, 2.24) is 9.55 Å². The molecule has 0 spiro atoms. The van der Waals surface area contributed by atoms with E-state index in [1.54, 1.807) is 31.4 Å². The number of carbonyl (C=O) groups excluding carboxylic acids is 2. The predicted molar refractivity (Wildman–Crippen MR) is 117 cm³/mol. The lowest BCUT2D eigenvalue weighted by Crippen LogP contribution is -2.57. The van der Waals surface area contributed by atoms with Gasteiger partial charge in [-0.2, -0.15) is 0 Å². The number of ether oxygens (including phenoxy) is 2. The van der Waals surface area contributed by atoms with E-state index in [9.17, 15) is 14.8 Å². The van der Waals surface area contributed by atoms with Gasteiger partial charge in [-0.05, 0) is 37.9 Å². The Morgan fingerprint density at radius 3 is 2.43 bits per heavy atom. The Kier molecular flexibility index (Phi) is 6.82. The summed E-state index contributed by atoms with van der Waals surface area (Å²) in [5, 5.41) is 13.5. The fraction of sp³-hybridized carbons (Fsp3) is 0.364. The number of benzene rings is 2. The first kappa shape index (κ1) is 22.3. The molecule has 0 bridgehead atoms. The van der Waals surface area contributed by atoms with Crippen LogP contribution in [-0.2, 0) is 14.3 Å². The molecule has 1 aliphatic heterocycles. The number of hydrogen-bond donors (Lipinski definition) is 0. The molecule has 1 heterocycles. The van der Waals surface area contributed by atoms with E-state index in [-0.39, 0.29) is 6.54 Å². The lowest BCUT2D eigenvalue weighted by molar-refractivity contribution is -0.157. The lowest BCUT2D eigenvalue weighted by Gasteiger charge is -2.41. The fourth-order valence-electron chi connectivity index (χ4n) is 3.41. The number of hydroxylamine groups is 2. The van der Waals surface area contributed by atoms with Gasteiger partial charge in [0.1, 0.15) is 12.3 Å². The Balaban J connectivity index is 2.13. The highest BCUT2D eigenvalue weighted by Crippen LogP contribution is 2.49. The molecule has 0 N–H and O–H groups in total. The summed E-state index contributed by atoms with van der Waals surface area (Å²) in [5.41, 5.74) is 1.15. The molecule has 2 aromatic rings. The van der Waals surface area contributed by atoms with Gasteiger partial charge < -0.3 is 19.6 Å². The summed E-state index contributed by atoms with van der Waals surface area (Å²) >= 11 is 1.37. The molecule has 0 saturated carbocycles. The summed E-state index contributed by atoms with van der Waals surface area (Å²) in [4.78, 5) is 28.0. The Hall–Kier alpha value is -2.39. The molecule has 3 rings (SSSR count). The summed E-state index contributed by atoms with van der Waals surface area (Å²) in [7, 11) is 5.27. The average Bonchev–Trinajstić information content (AvgIpc) is 2.82. The standard InChI is InChI=1S/C22H26N2O5S/c1-15(25)29-20-21(16-9-11-17(28-4)12-10-16)30-19-8-6-5-7-18(19)24(27,22(20)26)14-13-23(2)3/h5-12,20-21H,13-14H2,1-4H3. The maximum atomic E-state index is 14.0. The minimum Gasteiger partial charge on any atom is -0.620 e. The topological polar surface area (TPSA) is 78.9 Å². The van der Waals surface area contributed by atoms with Gasteiger partial charge in [0.2, 0.25) is 6.10 Å². The number of hydrogen-bond acceptors (Lipinski definition) is 7. The van der Waals surface area contributed by atoms with Crippen LogP contribution in [0.5, 0.6) is 5.75 Å². The van der Waals surface area contributed by atoms with Crippen molar-refractivity contribution in [2.24, 2.45) is 0 Å². The molecule has 0 fully saturated rings. The first-order chi connectivity index (χ1) is 14.3. The molecule has 7 nitrogen and oxygen atoms in total. The van der Waals surface area contributed by atoms with E-state index in [1.807, 2.05) is 43.3 Å². The number of para-hydroxylation sites is 1. The van der Waals surface area contributed by atoms with Crippen molar-refractivity contribution in [3.05, 3.63) is 59.3 Å². The van der Waals surface area contributed by atoms with Crippen LogP contribution < -0.4 is 9.38 Å². The van der Waals surface area contributed by atoms with Crippen molar-refractivity contribution in [2.45, 2.75) is 23.2 Å². The van der Waals surface area contributed by atoms with Crippen LogP contribution in [0, 0.1) is 5.21 Å². The van der Waals surface area contributed by atoms with Gasteiger partial charge in [-0.3, -0.25) is 9.44 Å². The smallest absolute Gasteiger partial charge is 0.361 e. The van der Waals surface area contributed by atoms with Crippen LogP contribution in [0.1, 0.15) is 17.7 Å². The molecule has 2 aromatic carbocycles. The van der Waals surface area contributed by atoms with Crippen LogP contribution in [0.3, 0.4) is 0 Å². The molecule has 0 aromatic heterocycles. The number of carbonyl (C=O) groups is 2. The molecule has 0 aliphatic carbocycles. The van der Waals surface area contributed by atoms with Gasteiger partial charge in [0.05, 0.1) is 17.3 Å². The van der Waals surface area contributed by atoms with Gasteiger partial charge in [0.25, 0.3) is 0 Å². The van der Waals surface area contributed by atoms with Crippen molar-refractivity contribution in [3.63, 3.8) is 0 Å². The zero-order chi connectivity index (χ0) is 21.9. The second-order valence-corrected chi connectivity index (χ2v) is 8.60. The van der Waals surface area contributed by atoms with Crippen LogP contribution in [0.2, 0.25) is 0 Å². The fourth-order valence-corrected chi connectivity index (χ4v) is 4.76. The molecular weight excluding hydrogens is 404 g/mol. The van der Waals surface area contributed by atoms with E-state index < -0.39 is 27.9 Å². The summed E-state index contributed by atoms with van der Waals surface area (Å²) < 4.78 is 9.52. The van der Waals surface area contributed by atoms with E-state index in [1.165, 1.54) is 18.7 Å². The van der Waals surface area contributed by atoms with Crippen LogP contribution in [0.15, 0.2) is 53.4 Å². The minimum absolute atomic E-state index is 0.0243. The van der Waals surface area contributed by atoms with Crippen LogP contribution >= 0.6 is 11.8 Å². The van der Waals surface area contributed by atoms with E-state index >= 15 is 0 Å². The SMILES string of the molecule is COc1ccc(C2Sc3ccccc3[N+]([O-])(CCN(C)C)C(=O)C2OC(C)=O)cc1. The minimum atomic E-state index is -1.21. The third-order valence-corrected chi connectivity index (χ3v) is 6.35. The van der Waals surface area contributed by atoms with Crippen molar-refractivity contribution in [3.8, 4) is 5.75 Å². The average molecular weight is 431 g/mol. The van der Waals surface area contributed by atoms with E-state index in [2.05, 4.69) is 0 Å². The normalized spacial score (nSPS) is 23.6. The highest BCUT2D eigenvalue weighted by molar-refractivity contribution is 7.99. The summed E-state index contributed by atoms with van der Waals surface area (Å²) in [6.07, 6.45) is -1.21. The molecule has 0 radical (unpaired) electrons. The van der Waals surface area contributed by atoms with Gasteiger partial charge in [0, 0.05) is 19.5 Å². The number of esters is 1. The van der Waals surface area contributed by atoms with E-state index in [0.717, 1.165) is 5.56 Å². The highest BCUT2D eigenvalue weighted by atomic mass is 32.2. The maximum Gasteiger partial charge on any atom is 0.361 e. The summed E-state index contributed by atoms with van der Waals surface area (Å²) in [6.45, 7) is 1.69. The second kappa shape index (κ2) is 9.18. The molecular formula is C22H26N2O5S. The third-order valence-electron chi connectivity index (χ3n) is 4.98. The van der Waals surface area contributed by atoms with Crippen molar-refractivity contribution in [2.75, 3.05) is 34.3 Å². The molecule has 3 atom stereocenters. The molecule has 1 aliphatic rings. The quantitative estimate of drug-likeness (QED) is 0.395. The number of methoxy groups -OCH3 is 1. The second-order valence-electron chi connectivity index (χ2n) is 7.41. The molecule has 0 saturated heterocycles. The Morgan fingerprint density at radius 1 is 1.17 bits per heavy atom. The largest absolute Gasteiger partial charge is 0.620 e.